The Morgan fingerprint density at radius 2 is 1.95 bits per heavy atom. The Labute approximate surface area is 137 Å². The fourth-order valence-corrected chi connectivity index (χ4v) is 7.49. The Hall–Kier alpha value is -1.42. The van der Waals surface area contributed by atoms with Gasteiger partial charge in [0, 0.05) is 10.6 Å². The second-order valence-corrected chi connectivity index (χ2v) is 10.6. The van der Waals surface area contributed by atoms with Gasteiger partial charge in [-0.15, -0.1) is 0 Å². The van der Waals surface area contributed by atoms with Gasteiger partial charge >= 0.3 is 0 Å². The summed E-state index contributed by atoms with van der Waals surface area (Å²) in [5.41, 5.74) is 2.65. The van der Waals surface area contributed by atoms with Crippen molar-refractivity contribution in [2.24, 2.45) is 0 Å². The van der Waals surface area contributed by atoms with Gasteiger partial charge in [-0.25, -0.2) is 4.58 Å². The minimum absolute atomic E-state index is 0.100. The molecule has 0 spiro atoms. The van der Waals surface area contributed by atoms with Crippen molar-refractivity contribution in [3.63, 3.8) is 0 Å². The van der Waals surface area contributed by atoms with Crippen molar-refractivity contribution in [3.05, 3.63) is 58.6 Å². The summed E-state index contributed by atoms with van der Waals surface area (Å²) < 4.78 is 8.35. The fourth-order valence-electron chi connectivity index (χ4n) is 3.65. The average Bonchev–Trinajstić information content (AvgIpc) is 2.96. The molecule has 0 amide bonds. The van der Waals surface area contributed by atoms with Crippen molar-refractivity contribution in [2.45, 2.75) is 19.7 Å². The highest BCUT2D eigenvalue weighted by molar-refractivity contribution is 7.18. The van der Waals surface area contributed by atoms with Crippen molar-refractivity contribution < 1.29 is 9.31 Å². The number of halogens is 1. The van der Waals surface area contributed by atoms with Gasteiger partial charge in [-0.2, -0.15) is 0 Å². The minimum atomic E-state index is -1.91. The number of hydrogen-bond acceptors (Lipinski definition) is 1. The number of aryl methyl sites for hydroxylation is 1. The smallest absolute Gasteiger partial charge is 0.284 e. The lowest BCUT2D eigenvalue weighted by Gasteiger charge is -2.30. The van der Waals surface area contributed by atoms with Crippen LogP contribution in [0, 0.1) is 6.92 Å². The molecule has 2 aromatic rings. The van der Waals surface area contributed by atoms with Gasteiger partial charge in [-0.1, -0.05) is 48.0 Å². The molecule has 0 radical (unpaired) electrons. The highest BCUT2D eigenvalue weighted by Gasteiger charge is 2.47. The number of nitrogens with zero attached hydrogens (tertiary/aromatic N) is 1. The first-order valence-electron chi connectivity index (χ1n) is 7.68. The van der Waals surface area contributed by atoms with Crippen molar-refractivity contribution >= 4 is 35.9 Å². The van der Waals surface area contributed by atoms with E-state index in [0.717, 1.165) is 18.2 Å². The molecule has 2 atom stereocenters. The summed E-state index contributed by atoms with van der Waals surface area (Å²) in [6, 6.07) is 15.2. The molecule has 4 heteroatoms. The Kier molecular flexibility index (Phi) is 3.26. The van der Waals surface area contributed by atoms with E-state index in [4.69, 9.17) is 16.3 Å². The van der Waals surface area contributed by atoms with E-state index in [1.807, 2.05) is 12.1 Å². The Bertz CT molecular complexity index is 771. The Morgan fingerprint density at radius 3 is 2.73 bits per heavy atom. The molecular formula is C18H19ClNOSi+. The summed E-state index contributed by atoms with van der Waals surface area (Å²) in [7, 11) is -1.91. The van der Waals surface area contributed by atoms with Crippen LogP contribution in [0.15, 0.2) is 42.5 Å². The number of fused-ring (bicyclic) bond motifs is 3. The maximum atomic E-state index is 6.09. The number of benzene rings is 2. The molecule has 2 nitrogen and oxygen atoms in total. The lowest BCUT2D eigenvalue weighted by Crippen LogP contribution is -2.63. The molecule has 0 bridgehead atoms. The van der Waals surface area contributed by atoms with E-state index in [2.05, 4.69) is 54.2 Å². The molecule has 0 aliphatic carbocycles. The van der Waals surface area contributed by atoms with Crippen LogP contribution < -0.4 is 10.4 Å². The molecule has 4 rings (SSSR count). The third-order valence-corrected chi connectivity index (χ3v) is 9.01. The molecule has 2 aliphatic rings. The standard InChI is InChI=1S/C18H19ClNOSi/c1-13-3-8-16-17(11-13)22(2,12-20-9-10-21-18(16)20)15-6-4-14(19)5-7-15/h3-8,11-12,18H,9-10H2,1-2H3/q+1. The maximum absolute atomic E-state index is 6.09. The number of rotatable bonds is 1. The van der Waals surface area contributed by atoms with Crippen LogP contribution in [0.1, 0.15) is 17.4 Å². The van der Waals surface area contributed by atoms with Crippen LogP contribution in [0.25, 0.3) is 0 Å². The van der Waals surface area contributed by atoms with Crippen molar-refractivity contribution in [3.8, 4) is 0 Å². The fraction of sp³-hybridized carbons (Fsp3) is 0.278. The summed E-state index contributed by atoms with van der Waals surface area (Å²) in [5.74, 6) is 2.47. The summed E-state index contributed by atoms with van der Waals surface area (Å²) >= 11 is 6.09. The molecule has 2 unspecified atom stereocenters. The summed E-state index contributed by atoms with van der Waals surface area (Å²) in [6.45, 7) is 6.37. The van der Waals surface area contributed by atoms with E-state index in [1.165, 1.54) is 21.5 Å². The van der Waals surface area contributed by atoms with E-state index in [0.29, 0.717) is 0 Å². The van der Waals surface area contributed by atoms with Crippen LogP contribution in [0.3, 0.4) is 0 Å². The molecule has 0 N–H and O–H groups in total. The lowest BCUT2D eigenvalue weighted by atomic mass is 10.1. The van der Waals surface area contributed by atoms with Crippen LogP contribution in [-0.4, -0.2) is 31.6 Å². The van der Waals surface area contributed by atoms with Gasteiger partial charge in [0.2, 0.25) is 8.07 Å². The minimum Gasteiger partial charge on any atom is -0.311 e. The van der Waals surface area contributed by atoms with Gasteiger partial charge < -0.3 is 4.74 Å². The first-order chi connectivity index (χ1) is 10.6. The van der Waals surface area contributed by atoms with E-state index in [-0.39, 0.29) is 6.23 Å². The summed E-state index contributed by atoms with van der Waals surface area (Å²) in [4.78, 5) is 0. The predicted octanol–water partition coefficient (Wildman–Crippen LogP) is 2.51. The Balaban J connectivity index is 1.96. The van der Waals surface area contributed by atoms with Crippen molar-refractivity contribution in [1.82, 2.24) is 0 Å². The van der Waals surface area contributed by atoms with Gasteiger partial charge in [0.05, 0.1) is 0 Å². The average molecular weight is 329 g/mol. The Morgan fingerprint density at radius 1 is 1.18 bits per heavy atom. The van der Waals surface area contributed by atoms with Gasteiger partial charge in [-0.05, 0) is 35.5 Å². The van der Waals surface area contributed by atoms with E-state index in [9.17, 15) is 0 Å². The van der Waals surface area contributed by atoms with Gasteiger partial charge in [0.15, 0.2) is 6.54 Å². The van der Waals surface area contributed by atoms with Crippen molar-refractivity contribution in [2.75, 3.05) is 13.2 Å². The third kappa shape index (κ3) is 2.08. The molecule has 1 saturated heterocycles. The van der Waals surface area contributed by atoms with Gasteiger partial charge in [-0.3, -0.25) is 0 Å². The van der Waals surface area contributed by atoms with Gasteiger partial charge in [0.25, 0.3) is 6.23 Å². The van der Waals surface area contributed by atoms with Crippen molar-refractivity contribution in [1.29, 1.82) is 0 Å². The highest BCUT2D eigenvalue weighted by Crippen LogP contribution is 2.27. The first-order valence-corrected chi connectivity index (χ1v) is 10.6. The topological polar surface area (TPSA) is 12.2 Å². The first kappa shape index (κ1) is 14.2. The zero-order valence-electron chi connectivity index (χ0n) is 12.8. The second-order valence-electron chi connectivity index (χ2n) is 6.39. The molecule has 22 heavy (non-hydrogen) atoms. The third-order valence-electron chi connectivity index (χ3n) is 4.83. The quantitative estimate of drug-likeness (QED) is 0.579. The largest absolute Gasteiger partial charge is 0.311 e. The molecule has 2 aromatic carbocycles. The molecule has 2 aliphatic heterocycles. The second kappa shape index (κ2) is 5.05. The number of ether oxygens (including phenoxy) is 1. The van der Waals surface area contributed by atoms with E-state index in [1.54, 1.807) is 0 Å². The lowest BCUT2D eigenvalue weighted by molar-refractivity contribution is -0.572. The van der Waals surface area contributed by atoms with Crippen LogP contribution in [0.4, 0.5) is 0 Å². The van der Waals surface area contributed by atoms with Gasteiger partial charge in [0.1, 0.15) is 12.4 Å². The van der Waals surface area contributed by atoms with E-state index < -0.39 is 8.07 Å². The maximum Gasteiger partial charge on any atom is 0.284 e. The van der Waals surface area contributed by atoms with E-state index >= 15 is 0 Å². The molecule has 2 heterocycles. The molecule has 112 valence electrons. The molecule has 0 saturated carbocycles. The highest BCUT2D eigenvalue weighted by atomic mass is 35.5. The van der Waals surface area contributed by atoms with Crippen LogP contribution in [0.5, 0.6) is 0 Å². The zero-order valence-corrected chi connectivity index (χ0v) is 14.6. The summed E-state index contributed by atoms with van der Waals surface area (Å²) in [5, 5.41) is 3.66. The van der Waals surface area contributed by atoms with Crippen LogP contribution in [0.2, 0.25) is 11.6 Å². The molecule has 1 fully saturated rings. The zero-order chi connectivity index (χ0) is 15.3. The van der Waals surface area contributed by atoms with Crippen LogP contribution >= 0.6 is 11.6 Å². The normalized spacial score (nSPS) is 26.3. The monoisotopic (exact) mass is 328 g/mol. The molecular weight excluding hydrogens is 310 g/mol. The SMILES string of the molecule is Cc1ccc2c(c1)[Si](C)(c1ccc(Cl)cc1)C=[N+]1CCOC21. The molecule has 0 aromatic heterocycles. The van der Waals surface area contributed by atoms with Crippen LogP contribution in [-0.2, 0) is 4.74 Å². The number of hydrogen-bond donors (Lipinski definition) is 0. The predicted molar refractivity (Wildman–Crippen MR) is 93.4 cm³/mol. The summed E-state index contributed by atoms with van der Waals surface area (Å²) in [6.07, 6.45) is 0.100.